The lowest BCUT2D eigenvalue weighted by molar-refractivity contribution is 0.429. The van der Waals surface area contributed by atoms with Gasteiger partial charge in [-0.3, -0.25) is 9.78 Å². The van der Waals surface area contributed by atoms with Crippen molar-refractivity contribution in [1.29, 1.82) is 0 Å². The third-order valence-corrected chi connectivity index (χ3v) is 3.09. The number of fused-ring (bicyclic) bond motifs is 1. The Morgan fingerprint density at radius 1 is 1.32 bits per heavy atom. The largest absolute Gasteiger partial charge is 0.493 e. The zero-order valence-corrected chi connectivity index (χ0v) is 10.5. The summed E-state index contributed by atoms with van der Waals surface area (Å²) >= 11 is 0. The fraction of sp³-hybridized carbons (Fsp3) is 0.154. The molecule has 0 aromatic carbocycles. The Morgan fingerprint density at radius 3 is 2.79 bits per heavy atom. The van der Waals surface area contributed by atoms with Gasteiger partial charge in [0.15, 0.2) is 0 Å². The standard InChI is InChI=1S/C13H12N4O2/c1-7-12(18)15-11-10(9-5-3-4-6-14-9)8(2)16-17(11)13(7)19/h3-6,19H,1-2H3,(H,15,18). The van der Waals surface area contributed by atoms with Crippen LogP contribution in [0, 0.1) is 13.8 Å². The fourth-order valence-electron chi connectivity index (χ4n) is 2.07. The second-order valence-electron chi connectivity index (χ2n) is 4.34. The van der Waals surface area contributed by atoms with E-state index in [-0.39, 0.29) is 17.0 Å². The van der Waals surface area contributed by atoms with Crippen molar-refractivity contribution in [2.24, 2.45) is 0 Å². The van der Waals surface area contributed by atoms with Crippen molar-refractivity contribution in [3.05, 3.63) is 46.0 Å². The van der Waals surface area contributed by atoms with Crippen molar-refractivity contribution in [3.8, 4) is 17.1 Å². The lowest BCUT2D eigenvalue weighted by Crippen LogP contribution is -2.12. The van der Waals surface area contributed by atoms with E-state index in [1.165, 1.54) is 4.52 Å². The second-order valence-corrected chi connectivity index (χ2v) is 4.34. The van der Waals surface area contributed by atoms with E-state index in [1.807, 2.05) is 25.1 Å². The van der Waals surface area contributed by atoms with Crippen molar-refractivity contribution in [1.82, 2.24) is 19.6 Å². The maximum atomic E-state index is 11.8. The molecule has 0 aliphatic carbocycles. The molecule has 0 unspecified atom stereocenters. The number of nitrogens with one attached hydrogen (secondary N) is 1. The Morgan fingerprint density at radius 2 is 2.11 bits per heavy atom. The van der Waals surface area contributed by atoms with Crippen LogP contribution < -0.4 is 5.56 Å². The Bertz CT molecular complexity index is 818. The highest BCUT2D eigenvalue weighted by Crippen LogP contribution is 2.27. The van der Waals surface area contributed by atoms with E-state index in [4.69, 9.17) is 0 Å². The Kier molecular flexibility index (Phi) is 2.38. The molecule has 96 valence electrons. The zero-order chi connectivity index (χ0) is 13.6. The number of rotatable bonds is 1. The molecule has 0 bridgehead atoms. The molecule has 0 saturated carbocycles. The minimum absolute atomic E-state index is 0.149. The molecule has 0 saturated heterocycles. The van der Waals surface area contributed by atoms with Gasteiger partial charge in [0, 0.05) is 6.20 Å². The minimum Gasteiger partial charge on any atom is -0.493 e. The van der Waals surface area contributed by atoms with Gasteiger partial charge in [-0.15, -0.1) is 0 Å². The average Bonchev–Trinajstić information content (AvgIpc) is 2.74. The van der Waals surface area contributed by atoms with E-state index in [1.54, 1.807) is 13.1 Å². The van der Waals surface area contributed by atoms with Crippen molar-refractivity contribution in [3.63, 3.8) is 0 Å². The topological polar surface area (TPSA) is 83.3 Å². The molecule has 2 N–H and O–H groups in total. The van der Waals surface area contributed by atoms with E-state index in [0.717, 1.165) is 0 Å². The normalized spacial score (nSPS) is 11.1. The molecule has 3 aromatic heterocycles. The number of aryl methyl sites for hydroxylation is 1. The molecule has 3 aromatic rings. The number of H-pyrrole nitrogens is 1. The summed E-state index contributed by atoms with van der Waals surface area (Å²) in [4.78, 5) is 18.8. The van der Waals surface area contributed by atoms with Crippen molar-refractivity contribution >= 4 is 5.65 Å². The molecule has 0 aliphatic heterocycles. The van der Waals surface area contributed by atoms with Crippen LogP contribution in [0.5, 0.6) is 5.88 Å². The van der Waals surface area contributed by atoms with Crippen molar-refractivity contribution < 1.29 is 5.11 Å². The molecule has 19 heavy (non-hydrogen) atoms. The summed E-state index contributed by atoms with van der Waals surface area (Å²) in [5.41, 5.74) is 2.46. The van der Waals surface area contributed by atoms with E-state index in [0.29, 0.717) is 22.6 Å². The Hall–Kier alpha value is -2.63. The van der Waals surface area contributed by atoms with Gasteiger partial charge in [-0.2, -0.15) is 9.61 Å². The summed E-state index contributed by atoms with van der Waals surface area (Å²) in [7, 11) is 0. The van der Waals surface area contributed by atoms with Crippen LogP contribution in [0.25, 0.3) is 16.9 Å². The summed E-state index contributed by atoms with van der Waals surface area (Å²) < 4.78 is 1.33. The lowest BCUT2D eigenvalue weighted by Gasteiger charge is -2.02. The lowest BCUT2D eigenvalue weighted by atomic mass is 10.1. The van der Waals surface area contributed by atoms with Gasteiger partial charge >= 0.3 is 0 Å². The third kappa shape index (κ3) is 1.61. The molecule has 0 atom stereocenters. The molecule has 0 radical (unpaired) electrons. The molecule has 0 aliphatic rings. The maximum Gasteiger partial charge on any atom is 0.257 e. The van der Waals surface area contributed by atoms with Gasteiger partial charge < -0.3 is 10.1 Å². The fourth-order valence-corrected chi connectivity index (χ4v) is 2.07. The first-order valence-electron chi connectivity index (χ1n) is 5.82. The highest BCUT2D eigenvalue weighted by molar-refractivity contribution is 5.77. The number of pyridine rings is 1. The number of hydrogen-bond acceptors (Lipinski definition) is 4. The summed E-state index contributed by atoms with van der Waals surface area (Å²) in [5.74, 6) is -0.149. The molecular formula is C13H12N4O2. The monoisotopic (exact) mass is 256 g/mol. The van der Waals surface area contributed by atoms with Crippen molar-refractivity contribution in [2.75, 3.05) is 0 Å². The Balaban J connectivity index is 2.45. The third-order valence-electron chi connectivity index (χ3n) is 3.09. The first kappa shape index (κ1) is 11.5. The number of aromatic amines is 1. The predicted molar refractivity (Wildman–Crippen MR) is 70.2 cm³/mol. The van der Waals surface area contributed by atoms with Crippen LogP contribution in [0.2, 0.25) is 0 Å². The summed E-state index contributed by atoms with van der Waals surface area (Å²) in [6.07, 6.45) is 1.67. The molecule has 6 nitrogen and oxygen atoms in total. The van der Waals surface area contributed by atoms with Crippen LogP contribution in [0.15, 0.2) is 29.2 Å². The van der Waals surface area contributed by atoms with Crippen LogP contribution in [0.4, 0.5) is 0 Å². The van der Waals surface area contributed by atoms with E-state index < -0.39 is 0 Å². The first-order chi connectivity index (χ1) is 9.09. The molecule has 3 rings (SSSR count). The van der Waals surface area contributed by atoms with Gasteiger partial charge in [-0.05, 0) is 26.0 Å². The van der Waals surface area contributed by atoms with Crippen LogP contribution in [-0.2, 0) is 0 Å². The van der Waals surface area contributed by atoms with Gasteiger partial charge in [0.05, 0.1) is 22.5 Å². The van der Waals surface area contributed by atoms with E-state index in [2.05, 4.69) is 15.1 Å². The van der Waals surface area contributed by atoms with Gasteiger partial charge in [-0.25, -0.2) is 0 Å². The quantitative estimate of drug-likeness (QED) is 0.689. The molecule has 0 fully saturated rings. The number of aromatic nitrogens is 4. The van der Waals surface area contributed by atoms with Crippen LogP contribution >= 0.6 is 0 Å². The van der Waals surface area contributed by atoms with E-state index in [9.17, 15) is 9.90 Å². The molecule has 3 heterocycles. The van der Waals surface area contributed by atoms with Gasteiger partial charge in [-0.1, -0.05) is 6.07 Å². The van der Waals surface area contributed by atoms with Gasteiger partial charge in [0.25, 0.3) is 5.56 Å². The first-order valence-corrected chi connectivity index (χ1v) is 5.82. The summed E-state index contributed by atoms with van der Waals surface area (Å²) in [6.45, 7) is 3.36. The maximum absolute atomic E-state index is 11.8. The number of aromatic hydroxyl groups is 1. The highest BCUT2D eigenvalue weighted by Gasteiger charge is 2.17. The predicted octanol–water partition coefficient (Wildman–Crippen LogP) is 1.41. The average molecular weight is 256 g/mol. The smallest absolute Gasteiger partial charge is 0.257 e. The van der Waals surface area contributed by atoms with Gasteiger partial charge in [0.1, 0.15) is 5.65 Å². The highest BCUT2D eigenvalue weighted by atomic mass is 16.3. The molecular weight excluding hydrogens is 244 g/mol. The molecule has 0 amide bonds. The minimum atomic E-state index is -0.331. The van der Waals surface area contributed by atoms with Crippen LogP contribution in [0.3, 0.4) is 0 Å². The summed E-state index contributed by atoms with van der Waals surface area (Å²) in [6, 6.07) is 5.51. The van der Waals surface area contributed by atoms with E-state index >= 15 is 0 Å². The molecule has 6 heteroatoms. The Labute approximate surface area is 108 Å². The van der Waals surface area contributed by atoms with Crippen molar-refractivity contribution in [2.45, 2.75) is 13.8 Å². The zero-order valence-electron chi connectivity index (χ0n) is 10.5. The SMILES string of the molecule is Cc1nn2c(O)c(C)c(=O)[nH]c2c1-c1ccccn1. The second kappa shape index (κ2) is 3.94. The van der Waals surface area contributed by atoms with Crippen LogP contribution in [0.1, 0.15) is 11.3 Å². The summed E-state index contributed by atoms with van der Waals surface area (Å²) in [5, 5.41) is 14.2. The molecule has 0 spiro atoms. The number of hydrogen-bond donors (Lipinski definition) is 2. The van der Waals surface area contributed by atoms with Crippen LogP contribution in [-0.4, -0.2) is 24.7 Å². The van der Waals surface area contributed by atoms with Gasteiger partial charge in [0.2, 0.25) is 5.88 Å². The number of nitrogens with zero attached hydrogens (tertiary/aromatic N) is 3.